The summed E-state index contributed by atoms with van der Waals surface area (Å²) in [6.45, 7) is -4.82. The van der Waals surface area contributed by atoms with Gasteiger partial charge < -0.3 is 12.9 Å². The van der Waals surface area contributed by atoms with Crippen molar-refractivity contribution >= 4 is 58.4 Å². The van der Waals surface area contributed by atoms with E-state index < -0.39 is 19.1 Å². The molecule has 1 aromatic carbocycles. The summed E-state index contributed by atoms with van der Waals surface area (Å²) in [7, 11) is 0. The van der Waals surface area contributed by atoms with E-state index in [2.05, 4.69) is 0 Å². The quantitative estimate of drug-likeness (QED) is 0.527. The minimum Gasteiger partial charge on any atom is -0.449 e. The second-order valence-electron chi connectivity index (χ2n) is 2.54. The summed E-state index contributed by atoms with van der Waals surface area (Å²) in [6.07, 6.45) is -0.944. The van der Waals surface area contributed by atoms with Gasteiger partial charge in [0.15, 0.2) is 0 Å². The summed E-state index contributed by atoms with van der Waals surface area (Å²) < 4.78 is 47.7. The van der Waals surface area contributed by atoms with E-state index in [0.717, 1.165) is 24.3 Å². The maximum Gasteiger partial charge on any atom is 1.00 e. The van der Waals surface area contributed by atoms with Gasteiger partial charge in [0.2, 0.25) is 0 Å². The van der Waals surface area contributed by atoms with E-state index in [1.54, 1.807) is 0 Å². The molecule has 0 bridgehead atoms. The summed E-state index contributed by atoms with van der Waals surface area (Å²) >= 11 is 0. The molecule has 0 aliphatic rings. The third-order valence-electron chi connectivity index (χ3n) is 1.38. The van der Waals surface area contributed by atoms with Crippen LogP contribution < -0.4 is 0 Å². The molecule has 0 saturated heterocycles. The van der Waals surface area contributed by atoms with Gasteiger partial charge in [-0.25, -0.2) is 4.39 Å². The molecule has 0 heterocycles. The zero-order valence-electron chi connectivity index (χ0n) is 8.11. The maximum atomic E-state index is 12.2. The Bertz CT molecular complexity index is 261. The number of hydrogen-bond acceptors (Lipinski definition) is 0. The molecule has 6 heteroatoms. The minimum atomic E-state index is -4.82. The summed E-state index contributed by atoms with van der Waals surface area (Å²) in [6, 6.07) is 4.34. The first-order valence-electron chi connectivity index (χ1n) is 3.43. The molecule has 0 atom stereocenters. The molecule has 13 heavy (non-hydrogen) atoms. The molecule has 0 fully saturated rings. The SMILES string of the molecule is Fc1ccc(C[B-](F)(F)F)cc1.[H+].[K]. The molecule has 0 spiro atoms. The number of hydrogen-bond donors (Lipinski definition) is 0. The fourth-order valence-corrected chi connectivity index (χ4v) is 0.888. The predicted octanol–water partition coefficient (Wildman–Crippen LogP) is 2.49. The van der Waals surface area contributed by atoms with Crippen molar-refractivity contribution in [3.63, 3.8) is 0 Å². The molecular formula is C7H7BF4K. The van der Waals surface area contributed by atoms with Crippen molar-refractivity contribution in [3.05, 3.63) is 35.6 Å². The van der Waals surface area contributed by atoms with Gasteiger partial charge in [-0.05, 0) is 12.1 Å². The number of rotatable bonds is 2. The van der Waals surface area contributed by atoms with Crippen molar-refractivity contribution in [2.75, 3.05) is 0 Å². The van der Waals surface area contributed by atoms with Crippen molar-refractivity contribution in [1.82, 2.24) is 0 Å². The van der Waals surface area contributed by atoms with E-state index in [4.69, 9.17) is 0 Å². The molecule has 0 saturated carbocycles. The Labute approximate surface area is 118 Å². The van der Waals surface area contributed by atoms with Gasteiger partial charge in [-0.15, -0.1) is 0 Å². The van der Waals surface area contributed by atoms with Crippen LogP contribution in [0.3, 0.4) is 0 Å². The van der Waals surface area contributed by atoms with Crippen LogP contribution in [0, 0.1) is 5.82 Å². The van der Waals surface area contributed by atoms with E-state index in [-0.39, 0.29) is 58.4 Å². The van der Waals surface area contributed by atoms with E-state index >= 15 is 0 Å². The van der Waals surface area contributed by atoms with Crippen molar-refractivity contribution < 1.29 is 18.8 Å². The van der Waals surface area contributed by atoms with Crippen molar-refractivity contribution in [1.29, 1.82) is 0 Å². The molecule has 0 unspecified atom stereocenters. The number of benzene rings is 1. The van der Waals surface area contributed by atoms with Crippen molar-refractivity contribution in [2.45, 2.75) is 6.32 Å². The molecule has 0 nitrogen and oxygen atoms in total. The summed E-state index contributed by atoms with van der Waals surface area (Å²) in [5, 5.41) is 0. The minimum absolute atomic E-state index is 0. The molecule has 0 amide bonds. The van der Waals surface area contributed by atoms with Crippen molar-refractivity contribution in [3.8, 4) is 0 Å². The van der Waals surface area contributed by atoms with Crippen LogP contribution in [0.5, 0.6) is 0 Å². The summed E-state index contributed by atoms with van der Waals surface area (Å²) in [4.78, 5) is 0. The summed E-state index contributed by atoms with van der Waals surface area (Å²) in [5.41, 5.74) is 0.101. The fourth-order valence-electron chi connectivity index (χ4n) is 0.888. The first kappa shape index (κ1) is 13.6. The molecule has 0 aliphatic carbocycles. The Morgan fingerprint density at radius 2 is 1.54 bits per heavy atom. The molecule has 0 N–H and O–H groups in total. The third kappa shape index (κ3) is 5.85. The first-order valence-corrected chi connectivity index (χ1v) is 3.43. The van der Waals surface area contributed by atoms with Gasteiger partial charge >= 0.3 is 8.40 Å². The van der Waals surface area contributed by atoms with E-state index in [1.165, 1.54) is 0 Å². The topological polar surface area (TPSA) is 0 Å². The normalized spacial score (nSPS) is 10.8. The summed E-state index contributed by atoms with van der Waals surface area (Å²) in [5.74, 6) is -0.520. The van der Waals surface area contributed by atoms with Gasteiger partial charge in [0.1, 0.15) is 5.82 Å². The second kappa shape index (κ2) is 5.50. The van der Waals surface area contributed by atoms with Crippen LogP contribution in [-0.2, 0) is 6.32 Å². The van der Waals surface area contributed by atoms with Crippen LogP contribution in [0.25, 0.3) is 0 Å². The predicted molar refractivity (Wildman–Crippen MR) is 46.0 cm³/mol. The van der Waals surface area contributed by atoms with E-state index in [9.17, 15) is 17.3 Å². The second-order valence-corrected chi connectivity index (χ2v) is 2.54. The third-order valence-corrected chi connectivity index (χ3v) is 1.38. The van der Waals surface area contributed by atoms with Crippen LogP contribution in [0.2, 0.25) is 0 Å². The monoisotopic (exact) mass is 217 g/mol. The number of halogens is 4. The Hall–Kier alpha value is 0.641. The fraction of sp³-hybridized carbons (Fsp3) is 0.143. The average molecular weight is 217 g/mol. The maximum absolute atomic E-state index is 12.2. The standard InChI is InChI=1S/C7H6BF4.K/c9-7-3-1-6(2-4-7)5-8(10,11)12;/h1-4H,5H2;/q-1;/p+1. The molecule has 0 aliphatic heterocycles. The Kier molecular flexibility index (Phi) is 5.78. The van der Waals surface area contributed by atoms with Gasteiger partial charge in [0.25, 0.3) is 0 Å². The Morgan fingerprint density at radius 1 is 1.08 bits per heavy atom. The van der Waals surface area contributed by atoms with Gasteiger partial charge in [-0.2, -0.15) is 0 Å². The van der Waals surface area contributed by atoms with Crippen LogP contribution in [-0.4, -0.2) is 58.4 Å². The van der Waals surface area contributed by atoms with Gasteiger partial charge in [-0.1, -0.05) is 24.0 Å². The molecule has 1 radical (unpaired) electrons. The molecular weight excluding hydrogens is 210 g/mol. The largest absolute Gasteiger partial charge is 1.00 e. The smallest absolute Gasteiger partial charge is 0.449 e. The molecule has 1 aromatic rings. The molecule has 0 aromatic heterocycles. The average Bonchev–Trinajstić information content (AvgIpc) is 1.91. The van der Waals surface area contributed by atoms with Crippen LogP contribution in [0.1, 0.15) is 6.99 Å². The van der Waals surface area contributed by atoms with Crippen LogP contribution >= 0.6 is 0 Å². The van der Waals surface area contributed by atoms with E-state index in [0.29, 0.717) is 0 Å². The Balaban J connectivity index is 0. The van der Waals surface area contributed by atoms with Gasteiger partial charge in [0, 0.05) is 51.4 Å². The van der Waals surface area contributed by atoms with Gasteiger partial charge in [-0.3, -0.25) is 0 Å². The van der Waals surface area contributed by atoms with Crippen LogP contribution in [0.15, 0.2) is 24.3 Å². The molecule has 67 valence electrons. The zero-order valence-corrected chi connectivity index (χ0v) is 10.2. The zero-order chi connectivity index (χ0) is 9.19. The van der Waals surface area contributed by atoms with E-state index in [1.807, 2.05) is 0 Å². The Morgan fingerprint density at radius 3 is 1.92 bits per heavy atom. The van der Waals surface area contributed by atoms with Crippen molar-refractivity contribution in [2.24, 2.45) is 0 Å². The first-order chi connectivity index (χ1) is 5.47. The molecule has 1 rings (SSSR count). The van der Waals surface area contributed by atoms with Crippen LogP contribution in [0.4, 0.5) is 17.3 Å². The van der Waals surface area contributed by atoms with Gasteiger partial charge in [0.05, 0.1) is 0 Å².